The number of aliphatic hydroxyl groups is 1. The second-order valence-corrected chi connectivity index (χ2v) is 4.79. The van der Waals surface area contributed by atoms with Gasteiger partial charge in [-0.3, -0.25) is 0 Å². The Balaban J connectivity index is 1.94. The number of nitrogens with one attached hydrogen (secondary N) is 1. The van der Waals surface area contributed by atoms with Gasteiger partial charge in [-0.1, -0.05) is 24.3 Å². The third-order valence-electron chi connectivity index (χ3n) is 3.41. The Morgan fingerprint density at radius 1 is 1.39 bits per heavy atom. The van der Waals surface area contributed by atoms with Gasteiger partial charge >= 0.3 is 0 Å². The monoisotopic (exact) mass is 242 g/mol. The minimum atomic E-state index is 0.222. The molecule has 94 valence electrons. The van der Waals surface area contributed by atoms with E-state index in [1.54, 1.807) is 0 Å². The molecule has 1 aromatic rings. The van der Waals surface area contributed by atoms with Crippen LogP contribution in [0.5, 0.6) is 0 Å². The second-order valence-electron chi connectivity index (χ2n) is 4.79. The Morgan fingerprint density at radius 3 is 2.67 bits per heavy atom. The van der Waals surface area contributed by atoms with E-state index in [2.05, 4.69) is 30.5 Å². The molecule has 0 aliphatic heterocycles. The quantitative estimate of drug-likeness (QED) is 0.795. The molecule has 0 fully saturated rings. The summed E-state index contributed by atoms with van der Waals surface area (Å²) in [7, 11) is 0. The third kappa shape index (κ3) is 2.98. The topological polar surface area (TPSA) is 56.0 Å². The van der Waals surface area contributed by atoms with Crippen LogP contribution < -0.4 is 5.32 Å². The van der Waals surface area contributed by atoms with Crippen molar-refractivity contribution in [3.05, 3.63) is 47.5 Å². The summed E-state index contributed by atoms with van der Waals surface area (Å²) in [5.41, 5.74) is 1.86. The molecular weight excluding hydrogens is 224 g/mol. The Kier molecular flexibility index (Phi) is 4.14. The van der Waals surface area contributed by atoms with E-state index in [4.69, 9.17) is 10.4 Å². The Bertz CT molecular complexity index is 458. The van der Waals surface area contributed by atoms with E-state index in [9.17, 15) is 0 Å². The molecule has 1 unspecified atom stereocenters. The summed E-state index contributed by atoms with van der Waals surface area (Å²) in [6.07, 6.45) is 5.15. The smallest absolute Gasteiger partial charge is 0.0991 e. The first-order valence-electron chi connectivity index (χ1n) is 6.28. The number of rotatable bonds is 4. The number of aliphatic hydroxyl groups excluding tert-OH is 1. The normalized spacial score (nSPS) is 23.8. The van der Waals surface area contributed by atoms with Gasteiger partial charge in [0.2, 0.25) is 0 Å². The molecule has 0 radical (unpaired) electrons. The van der Waals surface area contributed by atoms with Crippen LogP contribution in [0.25, 0.3) is 0 Å². The average Bonchev–Trinajstić information content (AvgIpc) is 2.86. The van der Waals surface area contributed by atoms with Crippen LogP contribution in [-0.2, 0) is 0 Å². The van der Waals surface area contributed by atoms with Gasteiger partial charge in [-0.2, -0.15) is 5.26 Å². The standard InChI is InChI=1S/C15H18N2O/c1-11(14-5-2-12(9-16)3-6-14)17-15-7-4-13(8-15)10-18/h2-7,11,13,15,17-18H,8,10H2,1H3/t11?,13-,15+/m0/s1. The van der Waals surface area contributed by atoms with Crippen LogP contribution in [0.4, 0.5) is 0 Å². The minimum Gasteiger partial charge on any atom is -0.396 e. The van der Waals surface area contributed by atoms with Crippen LogP contribution in [0.15, 0.2) is 36.4 Å². The van der Waals surface area contributed by atoms with Crippen LogP contribution >= 0.6 is 0 Å². The van der Waals surface area contributed by atoms with Crippen molar-refractivity contribution < 1.29 is 5.11 Å². The Labute approximate surface area is 108 Å². The molecule has 1 aliphatic rings. The molecule has 1 aromatic carbocycles. The predicted octanol–water partition coefficient (Wildman–Crippen LogP) is 2.15. The largest absolute Gasteiger partial charge is 0.396 e. The lowest BCUT2D eigenvalue weighted by Crippen LogP contribution is -2.29. The fourth-order valence-electron chi connectivity index (χ4n) is 2.30. The van der Waals surface area contributed by atoms with Gasteiger partial charge in [-0.05, 0) is 31.0 Å². The molecule has 0 saturated carbocycles. The summed E-state index contributed by atoms with van der Waals surface area (Å²) in [5.74, 6) is 0.288. The van der Waals surface area contributed by atoms with Gasteiger partial charge in [0.1, 0.15) is 0 Å². The van der Waals surface area contributed by atoms with Gasteiger partial charge in [0.25, 0.3) is 0 Å². The first-order chi connectivity index (χ1) is 8.72. The van der Waals surface area contributed by atoms with E-state index < -0.39 is 0 Å². The second kappa shape index (κ2) is 5.81. The predicted molar refractivity (Wildman–Crippen MR) is 70.8 cm³/mol. The van der Waals surface area contributed by atoms with E-state index in [0.717, 1.165) is 6.42 Å². The molecular formula is C15H18N2O. The van der Waals surface area contributed by atoms with Crippen molar-refractivity contribution in [2.45, 2.75) is 25.4 Å². The highest BCUT2D eigenvalue weighted by Gasteiger charge is 2.19. The fourth-order valence-corrected chi connectivity index (χ4v) is 2.30. The van der Waals surface area contributed by atoms with Crippen LogP contribution in [0.3, 0.4) is 0 Å². The van der Waals surface area contributed by atoms with Crippen molar-refractivity contribution >= 4 is 0 Å². The summed E-state index contributed by atoms with van der Waals surface area (Å²) in [6.45, 7) is 2.33. The third-order valence-corrected chi connectivity index (χ3v) is 3.41. The number of nitrogens with zero attached hydrogens (tertiary/aromatic N) is 1. The van der Waals surface area contributed by atoms with Crippen molar-refractivity contribution in [2.75, 3.05) is 6.61 Å². The lowest BCUT2D eigenvalue weighted by atomic mass is 10.0. The zero-order chi connectivity index (χ0) is 13.0. The van der Waals surface area contributed by atoms with E-state index in [-0.39, 0.29) is 18.6 Å². The Hall–Kier alpha value is -1.63. The zero-order valence-electron chi connectivity index (χ0n) is 10.5. The number of hydrogen-bond donors (Lipinski definition) is 2. The van der Waals surface area contributed by atoms with Crippen LogP contribution in [0.2, 0.25) is 0 Å². The van der Waals surface area contributed by atoms with Gasteiger partial charge in [-0.15, -0.1) is 0 Å². The summed E-state index contributed by atoms with van der Waals surface area (Å²) < 4.78 is 0. The van der Waals surface area contributed by atoms with Crippen LogP contribution in [-0.4, -0.2) is 17.8 Å². The molecule has 3 heteroatoms. The molecule has 0 heterocycles. The highest BCUT2D eigenvalue weighted by atomic mass is 16.3. The van der Waals surface area contributed by atoms with E-state index in [1.165, 1.54) is 5.56 Å². The molecule has 3 atom stereocenters. The molecule has 1 aliphatic carbocycles. The van der Waals surface area contributed by atoms with Gasteiger partial charge in [0, 0.05) is 24.6 Å². The SMILES string of the molecule is CC(N[C@@H]1C=C[C@H](CO)C1)c1ccc(C#N)cc1. The highest BCUT2D eigenvalue weighted by molar-refractivity contribution is 5.32. The first kappa shape index (κ1) is 12.8. The van der Waals surface area contributed by atoms with Crippen molar-refractivity contribution in [2.24, 2.45) is 5.92 Å². The van der Waals surface area contributed by atoms with Crippen LogP contribution in [0.1, 0.15) is 30.5 Å². The van der Waals surface area contributed by atoms with Crippen molar-refractivity contribution in [1.82, 2.24) is 5.32 Å². The van der Waals surface area contributed by atoms with Gasteiger partial charge in [0.05, 0.1) is 11.6 Å². The molecule has 0 amide bonds. The fraction of sp³-hybridized carbons (Fsp3) is 0.400. The first-order valence-corrected chi connectivity index (χ1v) is 6.28. The summed E-state index contributed by atoms with van der Waals surface area (Å²) in [5, 5.41) is 21.4. The van der Waals surface area contributed by atoms with E-state index in [1.807, 2.05) is 24.3 Å². The number of hydrogen-bond acceptors (Lipinski definition) is 3. The molecule has 0 saturated heterocycles. The molecule has 0 aromatic heterocycles. The lowest BCUT2D eigenvalue weighted by Gasteiger charge is -2.19. The maximum absolute atomic E-state index is 9.08. The zero-order valence-corrected chi connectivity index (χ0v) is 10.5. The summed E-state index contributed by atoms with van der Waals surface area (Å²) in [4.78, 5) is 0. The van der Waals surface area contributed by atoms with Gasteiger partial charge < -0.3 is 10.4 Å². The van der Waals surface area contributed by atoms with Crippen molar-refractivity contribution in [1.29, 1.82) is 5.26 Å². The molecule has 2 N–H and O–H groups in total. The van der Waals surface area contributed by atoms with Crippen LogP contribution in [0, 0.1) is 17.2 Å². The average molecular weight is 242 g/mol. The van der Waals surface area contributed by atoms with Gasteiger partial charge in [-0.25, -0.2) is 0 Å². The summed E-state index contributed by atoms with van der Waals surface area (Å²) in [6, 6.07) is 10.3. The highest BCUT2D eigenvalue weighted by Crippen LogP contribution is 2.21. The maximum Gasteiger partial charge on any atom is 0.0991 e. The van der Waals surface area contributed by atoms with Gasteiger partial charge in [0.15, 0.2) is 0 Å². The number of benzene rings is 1. The maximum atomic E-state index is 9.08. The minimum absolute atomic E-state index is 0.222. The molecule has 0 spiro atoms. The van der Waals surface area contributed by atoms with E-state index >= 15 is 0 Å². The van der Waals surface area contributed by atoms with Crippen molar-refractivity contribution in [3.8, 4) is 6.07 Å². The molecule has 0 bridgehead atoms. The Morgan fingerprint density at radius 2 is 2.11 bits per heavy atom. The van der Waals surface area contributed by atoms with Crippen molar-refractivity contribution in [3.63, 3.8) is 0 Å². The molecule has 18 heavy (non-hydrogen) atoms. The van der Waals surface area contributed by atoms with E-state index in [0.29, 0.717) is 11.6 Å². The molecule has 3 nitrogen and oxygen atoms in total. The molecule has 2 rings (SSSR count). The number of nitriles is 1. The lowest BCUT2D eigenvalue weighted by molar-refractivity contribution is 0.245. The summed E-state index contributed by atoms with van der Waals surface area (Å²) >= 11 is 0.